The van der Waals surface area contributed by atoms with Gasteiger partial charge in [0, 0.05) is 27.6 Å². The van der Waals surface area contributed by atoms with E-state index in [-0.39, 0.29) is 0 Å². The van der Waals surface area contributed by atoms with E-state index >= 15 is 0 Å². The second kappa shape index (κ2) is 12.8. The maximum Gasteiger partial charge on any atom is 0.200 e. The van der Waals surface area contributed by atoms with Crippen LogP contribution < -0.4 is 0 Å². The molecule has 0 spiro atoms. The molecule has 0 fully saturated rings. The Kier molecular flexibility index (Phi) is 7.13. The van der Waals surface area contributed by atoms with Crippen LogP contribution >= 0.6 is 0 Å². The Balaban J connectivity index is 1.13. The molecular weight excluding hydrogens is 711 g/mol. The fraction of sp³-hybridized carbons (Fsp3) is 0. The molecule has 0 amide bonds. The molecule has 3 aromatic heterocycles. The van der Waals surface area contributed by atoms with Crippen LogP contribution in [0.3, 0.4) is 0 Å². The summed E-state index contributed by atoms with van der Waals surface area (Å²) in [5.74, 6) is 2.19. The van der Waals surface area contributed by atoms with E-state index in [2.05, 4.69) is 138 Å². The molecule has 6 nitrogen and oxygen atoms in total. The van der Waals surface area contributed by atoms with E-state index in [1.54, 1.807) is 0 Å². The van der Waals surface area contributed by atoms with Gasteiger partial charge in [0.1, 0.15) is 11.2 Å². The van der Waals surface area contributed by atoms with Gasteiger partial charge < -0.3 is 4.42 Å². The predicted molar refractivity (Wildman–Crippen MR) is 236 cm³/mol. The zero-order valence-corrected chi connectivity index (χ0v) is 31.0. The molecule has 0 aliphatic heterocycles. The quantitative estimate of drug-likeness (QED) is 0.164. The minimum Gasteiger partial charge on any atom is -0.456 e. The lowest BCUT2D eigenvalue weighted by Gasteiger charge is -2.13. The van der Waals surface area contributed by atoms with Crippen molar-refractivity contribution in [3.63, 3.8) is 0 Å². The minimum atomic E-state index is 0.469. The molecule has 0 unspecified atom stereocenters. The number of benzene rings is 9. The average Bonchev–Trinajstić information content (AvgIpc) is 3.88. The van der Waals surface area contributed by atoms with E-state index in [9.17, 15) is 0 Å². The fourth-order valence-corrected chi connectivity index (χ4v) is 8.60. The first-order valence-corrected chi connectivity index (χ1v) is 19.4. The highest BCUT2D eigenvalue weighted by Crippen LogP contribution is 2.39. The summed E-state index contributed by atoms with van der Waals surface area (Å²) in [6.45, 7) is 0. The van der Waals surface area contributed by atoms with Crippen LogP contribution in [-0.4, -0.2) is 24.5 Å². The number of furan rings is 1. The summed E-state index contributed by atoms with van der Waals surface area (Å²) in [4.78, 5) is 21.1. The number of aromatic nitrogens is 5. The number of fused-ring (bicyclic) bond motifs is 10. The summed E-state index contributed by atoms with van der Waals surface area (Å²) in [5, 5.41) is 9.14. The van der Waals surface area contributed by atoms with Crippen molar-refractivity contribution in [2.24, 2.45) is 0 Å². The molecule has 12 aromatic rings. The second-order valence-corrected chi connectivity index (χ2v) is 14.6. The van der Waals surface area contributed by atoms with Gasteiger partial charge in [-0.05, 0) is 85.9 Å². The van der Waals surface area contributed by atoms with E-state index < -0.39 is 0 Å². The van der Waals surface area contributed by atoms with E-state index in [0.717, 1.165) is 66.3 Å². The number of imidazole rings is 1. The van der Waals surface area contributed by atoms with E-state index in [1.165, 1.54) is 26.9 Å². The Hall–Kier alpha value is -7.96. The Bertz CT molecular complexity index is 3530. The number of rotatable bonds is 5. The van der Waals surface area contributed by atoms with Crippen molar-refractivity contribution < 1.29 is 4.42 Å². The normalized spacial score (nSPS) is 11.8. The minimum absolute atomic E-state index is 0.469. The predicted octanol–water partition coefficient (Wildman–Crippen LogP) is 13.2. The molecule has 6 heteroatoms. The summed E-state index contributed by atoms with van der Waals surface area (Å²) >= 11 is 0. The topological polar surface area (TPSA) is 69.6 Å². The molecule has 0 N–H and O–H groups in total. The first-order valence-electron chi connectivity index (χ1n) is 19.4. The van der Waals surface area contributed by atoms with Gasteiger partial charge in [0.15, 0.2) is 23.3 Å². The van der Waals surface area contributed by atoms with Gasteiger partial charge >= 0.3 is 0 Å². The molecule has 0 saturated heterocycles. The smallest absolute Gasteiger partial charge is 0.200 e. The van der Waals surface area contributed by atoms with Gasteiger partial charge in [0.25, 0.3) is 0 Å². The second-order valence-electron chi connectivity index (χ2n) is 14.6. The third-order valence-corrected chi connectivity index (χ3v) is 11.3. The number of nitrogens with zero attached hydrogens (tertiary/aromatic N) is 5. The van der Waals surface area contributed by atoms with Crippen molar-refractivity contribution >= 4 is 65.3 Å². The van der Waals surface area contributed by atoms with Crippen LogP contribution in [0, 0.1) is 0 Å². The maximum atomic E-state index is 6.34. The molecule has 270 valence electrons. The molecule has 0 bridgehead atoms. The van der Waals surface area contributed by atoms with Crippen LogP contribution in [0.25, 0.3) is 117 Å². The fourth-order valence-electron chi connectivity index (χ4n) is 8.60. The van der Waals surface area contributed by atoms with Gasteiger partial charge in [-0.2, -0.15) is 0 Å². The van der Waals surface area contributed by atoms with Crippen LogP contribution in [0.15, 0.2) is 192 Å². The van der Waals surface area contributed by atoms with Crippen molar-refractivity contribution in [2.45, 2.75) is 0 Å². The first-order chi connectivity index (χ1) is 28.7. The number of hydrogen-bond acceptors (Lipinski definition) is 5. The number of hydrogen-bond donors (Lipinski definition) is 0. The molecule has 9 aromatic carbocycles. The Morgan fingerprint density at radius 2 is 0.931 bits per heavy atom. The van der Waals surface area contributed by atoms with Crippen molar-refractivity contribution in [3.8, 4) is 51.2 Å². The standard InChI is InChI=1S/C52H31N5O/c1-2-13-32(14-3-1)33-25-28-35(29-26-33)57-45-22-10-9-21-44(45)53-52(57)51-55-49(54-50(56-51)42-20-12-24-47-48(42)41-19-8-11-23-46(41)58-47)34-27-30-40-38-17-5-4-15-36(38)37-16-6-7-18-39(37)43(40)31-34/h1-31H. The lowest BCUT2D eigenvalue weighted by Crippen LogP contribution is -2.05. The summed E-state index contributed by atoms with van der Waals surface area (Å²) in [7, 11) is 0. The largest absolute Gasteiger partial charge is 0.456 e. The maximum absolute atomic E-state index is 6.34. The van der Waals surface area contributed by atoms with E-state index in [4.69, 9.17) is 24.4 Å². The van der Waals surface area contributed by atoms with Crippen LogP contribution in [0.5, 0.6) is 0 Å². The van der Waals surface area contributed by atoms with E-state index in [1.807, 2.05) is 54.6 Å². The van der Waals surface area contributed by atoms with Crippen LogP contribution in [0.1, 0.15) is 0 Å². The van der Waals surface area contributed by atoms with Crippen LogP contribution in [-0.2, 0) is 0 Å². The molecule has 0 aliphatic carbocycles. The third kappa shape index (κ3) is 5.05. The van der Waals surface area contributed by atoms with Crippen LogP contribution in [0.2, 0.25) is 0 Å². The number of para-hydroxylation sites is 3. The molecule has 58 heavy (non-hydrogen) atoms. The molecule has 3 heterocycles. The highest BCUT2D eigenvalue weighted by atomic mass is 16.3. The van der Waals surface area contributed by atoms with Gasteiger partial charge in [0.2, 0.25) is 0 Å². The van der Waals surface area contributed by atoms with Crippen molar-refractivity contribution in [1.82, 2.24) is 24.5 Å². The monoisotopic (exact) mass is 741 g/mol. The van der Waals surface area contributed by atoms with Crippen molar-refractivity contribution in [1.29, 1.82) is 0 Å². The Morgan fingerprint density at radius 3 is 1.71 bits per heavy atom. The lowest BCUT2D eigenvalue weighted by atomic mass is 9.93. The SMILES string of the molecule is c1ccc(-c2ccc(-n3c(-c4nc(-c5ccc6c7ccccc7c7ccccc7c6c5)nc(-c5cccc6oc7ccccc7c56)n4)nc4ccccc43)cc2)cc1. The summed E-state index contributed by atoms with van der Waals surface area (Å²) in [6, 6.07) is 65.2. The highest BCUT2D eigenvalue weighted by molar-refractivity contribution is 6.25. The molecule has 0 aliphatic rings. The van der Waals surface area contributed by atoms with E-state index in [0.29, 0.717) is 23.3 Å². The zero-order valence-electron chi connectivity index (χ0n) is 31.0. The Labute approximate surface area is 332 Å². The molecular formula is C52H31N5O. The summed E-state index contributed by atoms with van der Waals surface area (Å²) < 4.78 is 8.49. The summed E-state index contributed by atoms with van der Waals surface area (Å²) in [5.41, 5.74) is 8.40. The molecule has 0 saturated carbocycles. The van der Waals surface area contributed by atoms with Gasteiger partial charge in [-0.1, -0.05) is 146 Å². The average molecular weight is 742 g/mol. The van der Waals surface area contributed by atoms with Crippen LogP contribution in [0.4, 0.5) is 0 Å². The molecule has 0 radical (unpaired) electrons. The first kappa shape index (κ1) is 32.3. The molecule has 12 rings (SSSR count). The van der Waals surface area contributed by atoms with Gasteiger partial charge in [0.05, 0.1) is 11.0 Å². The van der Waals surface area contributed by atoms with Gasteiger partial charge in [-0.25, -0.2) is 19.9 Å². The lowest BCUT2D eigenvalue weighted by molar-refractivity contribution is 0.669. The van der Waals surface area contributed by atoms with Crippen molar-refractivity contribution in [2.75, 3.05) is 0 Å². The molecule has 0 atom stereocenters. The summed E-state index contributed by atoms with van der Waals surface area (Å²) in [6.07, 6.45) is 0. The van der Waals surface area contributed by atoms with Gasteiger partial charge in [-0.15, -0.1) is 0 Å². The van der Waals surface area contributed by atoms with Crippen molar-refractivity contribution in [3.05, 3.63) is 188 Å². The Morgan fingerprint density at radius 1 is 0.362 bits per heavy atom. The van der Waals surface area contributed by atoms with Gasteiger partial charge in [-0.3, -0.25) is 4.57 Å². The zero-order chi connectivity index (χ0) is 38.2. The highest BCUT2D eigenvalue weighted by Gasteiger charge is 2.22. The third-order valence-electron chi connectivity index (χ3n) is 11.3.